The second-order valence-corrected chi connectivity index (χ2v) is 5.82. The Morgan fingerprint density at radius 2 is 1.90 bits per heavy atom. The van der Waals surface area contributed by atoms with E-state index in [4.69, 9.17) is 5.73 Å². The van der Waals surface area contributed by atoms with Crippen LogP contribution in [-0.2, 0) is 0 Å². The van der Waals surface area contributed by atoms with E-state index in [2.05, 4.69) is 10.2 Å². The largest absolute Gasteiger partial charge is 0.394 e. The Morgan fingerprint density at radius 1 is 1.19 bits per heavy atom. The standard InChI is InChI=1S/C15H19F2N3O/c16-10-7-9(8-11(17)14(10)18)15(21)19-12-4-6-20-5-2-1-3-13(12)20/h7-8,12-13H,1-6,18H2,(H,19,21). The lowest BCUT2D eigenvalue weighted by molar-refractivity contribution is 0.0914. The molecular weight excluding hydrogens is 276 g/mol. The van der Waals surface area contributed by atoms with Gasteiger partial charge in [0.15, 0.2) is 0 Å². The van der Waals surface area contributed by atoms with Gasteiger partial charge in [-0.25, -0.2) is 8.78 Å². The molecule has 0 aromatic heterocycles. The van der Waals surface area contributed by atoms with Crippen LogP contribution >= 0.6 is 0 Å². The highest BCUT2D eigenvalue weighted by Crippen LogP contribution is 2.27. The van der Waals surface area contributed by atoms with Crippen LogP contribution in [-0.4, -0.2) is 36.0 Å². The normalized spacial score (nSPS) is 25.6. The Bertz CT molecular complexity index is 541. The molecule has 4 nitrogen and oxygen atoms in total. The van der Waals surface area contributed by atoms with Gasteiger partial charge in [-0.15, -0.1) is 0 Å². The van der Waals surface area contributed by atoms with Crippen molar-refractivity contribution in [3.05, 3.63) is 29.3 Å². The summed E-state index contributed by atoms with van der Waals surface area (Å²) in [5, 5.41) is 2.91. The van der Waals surface area contributed by atoms with Crippen molar-refractivity contribution in [2.75, 3.05) is 18.8 Å². The molecule has 0 aliphatic carbocycles. The number of hydrogen-bond donors (Lipinski definition) is 2. The van der Waals surface area contributed by atoms with Crippen LogP contribution in [0.25, 0.3) is 0 Å². The summed E-state index contributed by atoms with van der Waals surface area (Å²) < 4.78 is 26.9. The highest BCUT2D eigenvalue weighted by molar-refractivity contribution is 5.94. The van der Waals surface area contributed by atoms with Gasteiger partial charge >= 0.3 is 0 Å². The first-order valence-corrected chi connectivity index (χ1v) is 7.35. The molecular formula is C15H19F2N3O. The van der Waals surface area contributed by atoms with Gasteiger partial charge in [0.05, 0.1) is 0 Å². The summed E-state index contributed by atoms with van der Waals surface area (Å²) in [4.78, 5) is 14.6. The van der Waals surface area contributed by atoms with Gasteiger partial charge in [-0.2, -0.15) is 0 Å². The third kappa shape index (κ3) is 2.72. The topological polar surface area (TPSA) is 58.4 Å². The van der Waals surface area contributed by atoms with Crippen LogP contribution in [0, 0.1) is 11.6 Å². The fraction of sp³-hybridized carbons (Fsp3) is 0.533. The molecule has 3 rings (SSSR count). The van der Waals surface area contributed by atoms with Gasteiger partial charge in [0, 0.05) is 24.2 Å². The summed E-state index contributed by atoms with van der Waals surface area (Å²) >= 11 is 0. The molecule has 2 saturated heterocycles. The van der Waals surface area contributed by atoms with Gasteiger partial charge < -0.3 is 11.1 Å². The average Bonchev–Trinajstić information content (AvgIpc) is 2.87. The molecule has 0 saturated carbocycles. The third-order valence-electron chi connectivity index (χ3n) is 4.51. The fourth-order valence-corrected chi connectivity index (χ4v) is 3.38. The quantitative estimate of drug-likeness (QED) is 0.819. The van der Waals surface area contributed by atoms with Crippen LogP contribution in [0.2, 0.25) is 0 Å². The number of nitrogens with two attached hydrogens (primary N) is 1. The minimum absolute atomic E-state index is 0.0199. The molecule has 1 aromatic rings. The highest BCUT2D eigenvalue weighted by Gasteiger charge is 2.36. The van der Waals surface area contributed by atoms with Gasteiger partial charge in [-0.1, -0.05) is 6.42 Å². The number of nitrogen functional groups attached to an aromatic ring is 1. The summed E-state index contributed by atoms with van der Waals surface area (Å²) in [5.74, 6) is -2.23. The van der Waals surface area contributed by atoms with Gasteiger partial charge in [0.1, 0.15) is 17.3 Å². The SMILES string of the molecule is Nc1c(F)cc(C(=O)NC2CCN3CCCCC23)cc1F. The Morgan fingerprint density at radius 3 is 2.62 bits per heavy atom. The molecule has 0 bridgehead atoms. The first-order valence-electron chi connectivity index (χ1n) is 7.35. The number of rotatable bonds is 2. The second kappa shape index (κ2) is 5.60. The zero-order valence-electron chi connectivity index (χ0n) is 11.7. The average molecular weight is 295 g/mol. The van der Waals surface area contributed by atoms with Crippen molar-refractivity contribution >= 4 is 11.6 Å². The van der Waals surface area contributed by atoms with E-state index < -0.39 is 23.2 Å². The van der Waals surface area contributed by atoms with Crippen molar-refractivity contribution in [1.29, 1.82) is 0 Å². The van der Waals surface area contributed by atoms with E-state index in [1.165, 1.54) is 12.8 Å². The van der Waals surface area contributed by atoms with Gasteiger partial charge in [0.2, 0.25) is 0 Å². The molecule has 2 unspecified atom stereocenters. The summed E-state index contributed by atoms with van der Waals surface area (Å²) in [6.07, 6.45) is 4.32. The molecule has 1 aromatic carbocycles. The van der Waals surface area contributed by atoms with E-state index in [0.717, 1.165) is 38.1 Å². The highest BCUT2D eigenvalue weighted by atomic mass is 19.1. The molecule has 1 amide bonds. The first kappa shape index (κ1) is 14.3. The third-order valence-corrected chi connectivity index (χ3v) is 4.51. The summed E-state index contributed by atoms with van der Waals surface area (Å²) in [7, 11) is 0. The molecule has 2 heterocycles. The number of halogens is 2. The van der Waals surface area contributed by atoms with Crippen LogP contribution < -0.4 is 11.1 Å². The smallest absolute Gasteiger partial charge is 0.251 e. The zero-order chi connectivity index (χ0) is 15.0. The van der Waals surface area contributed by atoms with E-state index in [1.807, 2.05) is 0 Å². The fourth-order valence-electron chi connectivity index (χ4n) is 3.38. The number of fused-ring (bicyclic) bond motifs is 1. The molecule has 2 aliphatic heterocycles. The van der Waals surface area contributed by atoms with E-state index in [1.54, 1.807) is 0 Å². The lowest BCUT2D eigenvalue weighted by Crippen LogP contribution is -2.46. The second-order valence-electron chi connectivity index (χ2n) is 5.82. The molecule has 0 radical (unpaired) electrons. The lowest BCUT2D eigenvalue weighted by atomic mass is 9.98. The number of nitrogens with zero attached hydrogens (tertiary/aromatic N) is 1. The van der Waals surface area contributed by atoms with Crippen LogP contribution in [0.5, 0.6) is 0 Å². The number of piperidine rings is 1. The van der Waals surface area contributed by atoms with E-state index in [0.29, 0.717) is 6.04 Å². The lowest BCUT2D eigenvalue weighted by Gasteiger charge is -2.32. The number of hydrogen-bond acceptors (Lipinski definition) is 3. The predicted molar refractivity (Wildman–Crippen MR) is 75.9 cm³/mol. The number of benzene rings is 1. The summed E-state index contributed by atoms with van der Waals surface area (Å²) in [6.45, 7) is 2.04. The predicted octanol–water partition coefficient (Wildman–Crippen LogP) is 1.90. The molecule has 21 heavy (non-hydrogen) atoms. The Balaban J connectivity index is 1.72. The summed E-state index contributed by atoms with van der Waals surface area (Å²) in [6, 6.07) is 2.38. The van der Waals surface area contributed by atoms with Crippen molar-refractivity contribution in [3.63, 3.8) is 0 Å². The molecule has 6 heteroatoms. The molecule has 2 fully saturated rings. The van der Waals surface area contributed by atoms with E-state index >= 15 is 0 Å². The van der Waals surface area contributed by atoms with Crippen LogP contribution in [0.3, 0.4) is 0 Å². The van der Waals surface area contributed by atoms with Gasteiger partial charge in [0.25, 0.3) is 5.91 Å². The van der Waals surface area contributed by atoms with Crippen molar-refractivity contribution in [2.24, 2.45) is 0 Å². The maximum absolute atomic E-state index is 13.4. The zero-order valence-corrected chi connectivity index (χ0v) is 11.7. The number of amides is 1. The number of nitrogens with one attached hydrogen (secondary N) is 1. The van der Waals surface area contributed by atoms with E-state index in [-0.39, 0.29) is 11.6 Å². The molecule has 2 atom stereocenters. The number of anilines is 1. The Kier molecular flexibility index (Phi) is 3.80. The van der Waals surface area contributed by atoms with Crippen molar-refractivity contribution < 1.29 is 13.6 Å². The Labute approximate surface area is 122 Å². The molecule has 3 N–H and O–H groups in total. The van der Waals surface area contributed by atoms with Crippen LogP contribution in [0.4, 0.5) is 14.5 Å². The maximum atomic E-state index is 13.4. The van der Waals surface area contributed by atoms with Gasteiger partial charge in [-0.3, -0.25) is 9.69 Å². The van der Waals surface area contributed by atoms with Crippen LogP contribution in [0.1, 0.15) is 36.0 Å². The minimum Gasteiger partial charge on any atom is -0.394 e. The van der Waals surface area contributed by atoms with Crippen molar-refractivity contribution in [2.45, 2.75) is 37.8 Å². The maximum Gasteiger partial charge on any atom is 0.251 e. The van der Waals surface area contributed by atoms with Crippen molar-refractivity contribution in [3.8, 4) is 0 Å². The first-order chi connectivity index (χ1) is 10.1. The van der Waals surface area contributed by atoms with Crippen molar-refractivity contribution in [1.82, 2.24) is 10.2 Å². The Hall–Kier alpha value is -1.69. The van der Waals surface area contributed by atoms with Gasteiger partial charge in [-0.05, 0) is 37.9 Å². The molecule has 114 valence electrons. The monoisotopic (exact) mass is 295 g/mol. The van der Waals surface area contributed by atoms with Crippen LogP contribution in [0.15, 0.2) is 12.1 Å². The molecule has 2 aliphatic rings. The minimum atomic E-state index is -0.897. The van der Waals surface area contributed by atoms with E-state index in [9.17, 15) is 13.6 Å². The number of carbonyl (C=O) groups is 1. The molecule has 0 spiro atoms. The summed E-state index contributed by atoms with van der Waals surface area (Å²) in [5.41, 5.74) is 4.64. The number of carbonyl (C=O) groups excluding carboxylic acids is 1.